The van der Waals surface area contributed by atoms with Crippen molar-refractivity contribution in [1.82, 2.24) is 19.4 Å². The zero-order chi connectivity index (χ0) is 30.2. The summed E-state index contributed by atoms with van der Waals surface area (Å²) in [5, 5.41) is 0. The number of benzene rings is 2. The van der Waals surface area contributed by atoms with Gasteiger partial charge in [-0.15, -0.1) is 0 Å². The fraction of sp³-hybridized carbons (Fsp3) is 0.394. The molecule has 0 amide bonds. The summed E-state index contributed by atoms with van der Waals surface area (Å²) < 4.78 is 39.4. The van der Waals surface area contributed by atoms with E-state index in [-0.39, 0.29) is 24.1 Å². The Morgan fingerprint density at radius 2 is 1.98 bits per heavy atom. The minimum atomic E-state index is -0.554. The summed E-state index contributed by atoms with van der Waals surface area (Å²) in [7, 11) is 1.35. The number of likely N-dealkylation sites (tertiary alicyclic amines) is 1. The second-order valence-electron chi connectivity index (χ2n) is 11.4. The lowest BCUT2D eigenvalue weighted by atomic mass is 9.88. The second-order valence-corrected chi connectivity index (χ2v) is 11.4. The van der Waals surface area contributed by atoms with Crippen molar-refractivity contribution in [3.05, 3.63) is 88.4 Å². The molecular weight excluding hydrogens is 565 g/mol. The quantitative estimate of drug-likeness (QED) is 0.201. The summed E-state index contributed by atoms with van der Waals surface area (Å²) in [4.78, 5) is 27.2. The number of rotatable bonds is 7. The van der Waals surface area contributed by atoms with Crippen molar-refractivity contribution >= 4 is 22.8 Å². The van der Waals surface area contributed by atoms with Gasteiger partial charge in [0.15, 0.2) is 28.9 Å². The highest BCUT2D eigenvalue weighted by molar-refractivity contribution is 5.89. The lowest BCUT2D eigenvalue weighted by Crippen LogP contribution is -2.35. The Kier molecular flexibility index (Phi) is 7.62. The number of hydrogen-bond donors (Lipinski definition) is 0. The molecule has 0 spiro atoms. The van der Waals surface area contributed by atoms with Gasteiger partial charge in [0, 0.05) is 12.2 Å². The standard InChI is InChI=1S/C33H32FN5O5/c1-35-25-7-6-21(16-24(25)34)29-19-43-31-23(4-3-5-28(31)44-29)20-10-13-38(14-11-20)18-30-36-26-8-9-27(33(40)41-2)37-32(26)39(30)17-22-12-15-42-22/h3-9,16,20,22,29H,10-15,17-19H2,2H3/t22-,29?/m0/s1. The molecule has 0 bridgehead atoms. The minimum Gasteiger partial charge on any atom is -0.485 e. The maximum absolute atomic E-state index is 14.2. The summed E-state index contributed by atoms with van der Waals surface area (Å²) in [6.07, 6.45) is 2.55. The van der Waals surface area contributed by atoms with E-state index >= 15 is 0 Å². The largest absolute Gasteiger partial charge is 0.485 e. The first-order valence-electron chi connectivity index (χ1n) is 14.9. The predicted molar refractivity (Wildman–Crippen MR) is 158 cm³/mol. The number of ether oxygens (including phenoxy) is 4. The van der Waals surface area contributed by atoms with Crippen LogP contribution in [0.5, 0.6) is 11.5 Å². The molecule has 0 N–H and O–H groups in total. The van der Waals surface area contributed by atoms with Crippen LogP contribution in [0.25, 0.3) is 16.0 Å². The van der Waals surface area contributed by atoms with E-state index in [0.29, 0.717) is 36.0 Å². The molecule has 5 heterocycles. The van der Waals surface area contributed by atoms with Crippen molar-refractivity contribution in [2.45, 2.75) is 50.5 Å². The first-order valence-corrected chi connectivity index (χ1v) is 14.9. The molecule has 3 aliphatic heterocycles. The molecule has 3 aliphatic rings. The van der Waals surface area contributed by atoms with Crippen LogP contribution in [0.15, 0.2) is 48.5 Å². The Morgan fingerprint density at radius 3 is 2.70 bits per heavy atom. The zero-order valence-corrected chi connectivity index (χ0v) is 24.4. The summed E-state index contributed by atoms with van der Waals surface area (Å²) in [6.45, 7) is 11.2. The third kappa shape index (κ3) is 5.36. The van der Waals surface area contributed by atoms with Crippen LogP contribution in [0.1, 0.15) is 58.7 Å². The van der Waals surface area contributed by atoms with Crippen LogP contribution >= 0.6 is 0 Å². The highest BCUT2D eigenvalue weighted by Gasteiger charge is 2.31. The number of nitrogens with zero attached hydrogens (tertiary/aromatic N) is 5. The molecule has 0 saturated carbocycles. The van der Waals surface area contributed by atoms with E-state index in [4.69, 9.17) is 30.5 Å². The van der Waals surface area contributed by atoms with E-state index in [1.54, 1.807) is 12.1 Å². The van der Waals surface area contributed by atoms with Gasteiger partial charge in [-0.05, 0) is 68.1 Å². The van der Waals surface area contributed by atoms with E-state index < -0.39 is 17.9 Å². The summed E-state index contributed by atoms with van der Waals surface area (Å²) in [5.74, 6) is 1.60. The molecule has 1 unspecified atom stereocenters. The third-order valence-electron chi connectivity index (χ3n) is 8.76. The van der Waals surface area contributed by atoms with E-state index in [1.807, 2.05) is 18.2 Å². The van der Waals surface area contributed by atoms with Gasteiger partial charge in [0.25, 0.3) is 0 Å². The molecule has 11 heteroatoms. The number of methoxy groups -OCH3 is 1. The Balaban J connectivity index is 1.05. The van der Waals surface area contributed by atoms with Crippen LogP contribution in [0.4, 0.5) is 10.1 Å². The average molecular weight is 598 g/mol. The molecule has 7 rings (SSSR count). The number of imidazole rings is 1. The monoisotopic (exact) mass is 597 g/mol. The van der Waals surface area contributed by atoms with Gasteiger partial charge in [-0.1, -0.05) is 24.3 Å². The number of halogens is 1. The maximum atomic E-state index is 14.2. The zero-order valence-electron chi connectivity index (χ0n) is 24.4. The normalized spacial score (nSPS) is 20.2. The Labute approximate surface area is 254 Å². The van der Waals surface area contributed by atoms with Gasteiger partial charge in [-0.3, -0.25) is 4.90 Å². The lowest BCUT2D eigenvalue weighted by molar-refractivity contribution is -0.0593. The molecule has 226 valence electrons. The van der Waals surface area contributed by atoms with E-state index in [0.717, 1.165) is 61.6 Å². The number of esters is 1. The highest BCUT2D eigenvalue weighted by atomic mass is 19.1. The fourth-order valence-electron chi connectivity index (χ4n) is 6.24. The Morgan fingerprint density at radius 1 is 1.14 bits per heavy atom. The van der Waals surface area contributed by atoms with Crippen molar-refractivity contribution < 1.29 is 28.1 Å². The van der Waals surface area contributed by atoms with E-state index in [9.17, 15) is 9.18 Å². The third-order valence-corrected chi connectivity index (χ3v) is 8.76. The Hall–Kier alpha value is -4.53. The number of carbonyl (C=O) groups is 1. The van der Waals surface area contributed by atoms with Crippen LogP contribution in [0.2, 0.25) is 0 Å². The van der Waals surface area contributed by atoms with Crippen molar-refractivity contribution in [3.8, 4) is 11.5 Å². The molecule has 44 heavy (non-hydrogen) atoms. The summed E-state index contributed by atoms with van der Waals surface area (Å²) in [5.41, 5.74) is 3.45. The van der Waals surface area contributed by atoms with E-state index in [2.05, 4.69) is 25.4 Å². The smallest absolute Gasteiger partial charge is 0.356 e. The molecule has 2 aromatic heterocycles. The van der Waals surface area contributed by atoms with Gasteiger partial charge in [0.05, 0.1) is 32.9 Å². The van der Waals surface area contributed by atoms with Gasteiger partial charge in [-0.2, -0.15) is 0 Å². The first kappa shape index (κ1) is 28.3. The van der Waals surface area contributed by atoms with Gasteiger partial charge < -0.3 is 23.5 Å². The van der Waals surface area contributed by atoms with Crippen LogP contribution in [-0.4, -0.2) is 64.9 Å². The summed E-state index contributed by atoms with van der Waals surface area (Å²) >= 11 is 0. The number of carbonyl (C=O) groups excluding carboxylic acids is 1. The van der Waals surface area contributed by atoms with Gasteiger partial charge in [-0.25, -0.2) is 24.0 Å². The molecule has 0 radical (unpaired) electrons. The SMILES string of the molecule is [C-]#[N+]c1ccc(C2COc3c(cccc3C3CCN(Cc4nc5ccc(C(=O)OC)nc5n4C[C@@H]4CCO4)CC3)O2)cc1F. The number of para-hydroxylation sites is 1. The van der Waals surface area contributed by atoms with Crippen molar-refractivity contribution in [2.75, 3.05) is 33.4 Å². The van der Waals surface area contributed by atoms with Crippen LogP contribution < -0.4 is 9.47 Å². The minimum absolute atomic E-state index is 0.00601. The number of fused-ring (bicyclic) bond motifs is 2. The van der Waals surface area contributed by atoms with Gasteiger partial charge in [0.1, 0.15) is 23.8 Å². The Bertz CT molecular complexity index is 1760. The molecular formula is C33H32FN5O5. The van der Waals surface area contributed by atoms with Crippen molar-refractivity contribution in [2.24, 2.45) is 0 Å². The van der Waals surface area contributed by atoms with Gasteiger partial charge >= 0.3 is 5.97 Å². The first-order chi connectivity index (χ1) is 21.5. The number of hydrogen-bond acceptors (Lipinski definition) is 8. The van der Waals surface area contributed by atoms with Crippen molar-refractivity contribution in [1.29, 1.82) is 0 Å². The number of piperidine rings is 1. The van der Waals surface area contributed by atoms with Crippen LogP contribution in [-0.2, 0) is 22.6 Å². The van der Waals surface area contributed by atoms with Crippen LogP contribution in [0, 0.1) is 12.4 Å². The fourth-order valence-corrected chi connectivity index (χ4v) is 6.24. The van der Waals surface area contributed by atoms with Crippen molar-refractivity contribution in [3.63, 3.8) is 0 Å². The molecule has 2 fully saturated rings. The molecule has 0 aliphatic carbocycles. The van der Waals surface area contributed by atoms with Crippen LogP contribution in [0.3, 0.4) is 0 Å². The second kappa shape index (κ2) is 11.9. The highest BCUT2D eigenvalue weighted by Crippen LogP contribution is 2.44. The topological polar surface area (TPSA) is 92.3 Å². The number of aromatic nitrogens is 3. The van der Waals surface area contributed by atoms with E-state index in [1.165, 1.54) is 19.2 Å². The molecule has 10 nitrogen and oxygen atoms in total. The molecule has 2 saturated heterocycles. The van der Waals surface area contributed by atoms with Gasteiger partial charge in [0.2, 0.25) is 5.69 Å². The maximum Gasteiger partial charge on any atom is 0.356 e. The molecule has 4 aromatic rings. The molecule has 2 aromatic carbocycles. The number of pyridine rings is 1. The average Bonchev–Trinajstić information content (AvgIpc) is 3.37. The summed E-state index contributed by atoms with van der Waals surface area (Å²) in [6, 6.07) is 14.0. The molecule has 2 atom stereocenters. The predicted octanol–water partition coefficient (Wildman–Crippen LogP) is 5.59. The lowest BCUT2D eigenvalue weighted by Gasteiger charge is -2.35.